The maximum atomic E-state index is 12.1. The molecule has 1 unspecified atom stereocenters. The number of rotatable bonds is 3. The fraction of sp³-hybridized carbons (Fsp3) is 0.0714. The SMILES string of the molecule is CC(=O)Nc1ccccc1[As](=O)(O)OO.Oc1ccccc1F. The molecular weight excluding hydrogens is 372 g/mol. The Morgan fingerprint density at radius 2 is 1.74 bits per heavy atom. The van der Waals surface area contributed by atoms with Gasteiger partial charge in [-0.1, -0.05) is 12.1 Å². The van der Waals surface area contributed by atoms with E-state index < -0.39 is 20.0 Å². The van der Waals surface area contributed by atoms with E-state index in [4.69, 9.17) is 10.4 Å². The zero-order valence-electron chi connectivity index (χ0n) is 12.0. The van der Waals surface area contributed by atoms with E-state index in [0.717, 1.165) is 0 Å². The van der Waals surface area contributed by atoms with Crippen molar-refractivity contribution in [2.45, 2.75) is 6.92 Å². The predicted octanol–water partition coefficient (Wildman–Crippen LogP) is 1.23. The van der Waals surface area contributed by atoms with Gasteiger partial charge in [0, 0.05) is 0 Å². The summed E-state index contributed by atoms with van der Waals surface area (Å²) in [4.78, 5) is 10.8. The fourth-order valence-electron chi connectivity index (χ4n) is 1.51. The standard InChI is InChI=1S/C8H10AsNO5.C6H5FO/c1-6(11)10-8-5-3-2-4-7(8)9(12,13)15-14;7-5-3-1-2-4-6(5)8/h2-5,14H,1H3,(H,10,11)(H,12,13);1-4,8H. The first-order valence-electron chi connectivity index (χ1n) is 6.24. The summed E-state index contributed by atoms with van der Waals surface area (Å²) in [5, 5.41) is 19.2. The molecule has 0 aromatic heterocycles. The molecule has 0 aliphatic heterocycles. The molecule has 4 N–H and O–H groups in total. The van der Waals surface area contributed by atoms with E-state index in [0.29, 0.717) is 0 Å². The molecule has 124 valence electrons. The van der Waals surface area contributed by atoms with Crippen molar-refractivity contribution in [3.8, 4) is 5.75 Å². The Balaban J connectivity index is 0.000000277. The summed E-state index contributed by atoms with van der Waals surface area (Å²) in [5.41, 5.74) is 0.157. The molecule has 1 atom stereocenters. The number of carbonyl (C=O) groups excluding carboxylic acids is 1. The smallest absolute Gasteiger partial charge is 0.164 e. The number of phenols is 1. The number of aromatic hydroxyl groups is 1. The van der Waals surface area contributed by atoms with Crippen LogP contribution in [0.3, 0.4) is 0 Å². The first-order chi connectivity index (χ1) is 10.8. The zero-order chi connectivity index (χ0) is 17.5. The largest absolute Gasteiger partial charge is 0.505 e. The maximum Gasteiger partial charge on any atom is 0.164 e. The molecule has 0 spiro atoms. The minimum Gasteiger partial charge on any atom is -0.505 e. The van der Waals surface area contributed by atoms with Crippen molar-refractivity contribution < 1.29 is 31.3 Å². The van der Waals surface area contributed by atoms with E-state index in [-0.39, 0.29) is 21.7 Å². The van der Waals surface area contributed by atoms with Gasteiger partial charge in [-0.3, -0.25) is 0 Å². The van der Waals surface area contributed by atoms with Crippen LogP contribution in [-0.2, 0) is 12.4 Å². The Morgan fingerprint density at radius 3 is 2.22 bits per heavy atom. The van der Waals surface area contributed by atoms with Crippen LogP contribution in [0.1, 0.15) is 6.92 Å². The summed E-state index contributed by atoms with van der Waals surface area (Å²) in [6, 6.07) is 11.4. The third-order valence-electron chi connectivity index (χ3n) is 2.48. The Labute approximate surface area is 134 Å². The summed E-state index contributed by atoms with van der Waals surface area (Å²) < 4.78 is 36.2. The van der Waals surface area contributed by atoms with Crippen LogP contribution in [0.25, 0.3) is 0 Å². The topological polar surface area (TPSA) is 116 Å². The molecule has 2 rings (SSSR count). The number of para-hydroxylation sites is 2. The Kier molecular flexibility index (Phi) is 6.99. The van der Waals surface area contributed by atoms with Gasteiger partial charge in [-0.2, -0.15) is 0 Å². The molecule has 0 bridgehead atoms. The van der Waals surface area contributed by atoms with E-state index in [1.165, 1.54) is 43.3 Å². The van der Waals surface area contributed by atoms with Crippen LogP contribution >= 0.6 is 0 Å². The van der Waals surface area contributed by atoms with Crippen molar-refractivity contribution >= 4 is 30.1 Å². The first kappa shape index (κ1) is 18.9. The van der Waals surface area contributed by atoms with E-state index in [1.807, 2.05) is 0 Å². The van der Waals surface area contributed by atoms with Gasteiger partial charge in [0.1, 0.15) is 0 Å². The van der Waals surface area contributed by atoms with Gasteiger partial charge in [-0.15, -0.1) is 0 Å². The van der Waals surface area contributed by atoms with Crippen molar-refractivity contribution in [1.29, 1.82) is 0 Å². The number of hydrogen-bond donors (Lipinski definition) is 4. The molecule has 0 heterocycles. The Bertz CT molecular complexity index is 703. The van der Waals surface area contributed by atoms with Gasteiger partial charge in [0.05, 0.1) is 0 Å². The maximum absolute atomic E-state index is 12.1. The average molecular weight is 387 g/mol. The molecule has 0 saturated carbocycles. The number of carbonyl (C=O) groups is 1. The third kappa shape index (κ3) is 5.88. The van der Waals surface area contributed by atoms with Gasteiger partial charge < -0.3 is 5.11 Å². The molecule has 0 aliphatic carbocycles. The quantitative estimate of drug-likeness (QED) is 0.358. The van der Waals surface area contributed by atoms with Gasteiger partial charge in [0.15, 0.2) is 11.6 Å². The van der Waals surface area contributed by atoms with Gasteiger partial charge >= 0.3 is 88.4 Å². The number of anilines is 1. The average Bonchev–Trinajstić information content (AvgIpc) is 2.51. The predicted molar refractivity (Wildman–Crippen MR) is 80.8 cm³/mol. The second-order valence-electron chi connectivity index (χ2n) is 4.25. The van der Waals surface area contributed by atoms with Gasteiger partial charge in [-0.25, -0.2) is 4.39 Å². The molecule has 9 heteroatoms. The number of phenolic OH excluding ortho intramolecular Hbond substituents is 1. The minimum absolute atomic E-state index is 0.103. The molecule has 0 radical (unpaired) electrons. The van der Waals surface area contributed by atoms with Crippen molar-refractivity contribution in [2.75, 3.05) is 5.32 Å². The molecule has 0 saturated heterocycles. The molecule has 23 heavy (non-hydrogen) atoms. The van der Waals surface area contributed by atoms with Crippen LogP contribution in [-0.4, -0.2) is 34.5 Å². The summed E-state index contributed by atoms with van der Waals surface area (Å²) in [5.74, 6) is -1.25. The Hall–Kier alpha value is -2.12. The minimum atomic E-state index is -4.92. The van der Waals surface area contributed by atoms with E-state index in [2.05, 4.69) is 9.19 Å². The van der Waals surface area contributed by atoms with Crippen LogP contribution < -0.4 is 9.67 Å². The molecule has 7 nitrogen and oxygen atoms in total. The van der Waals surface area contributed by atoms with E-state index in [9.17, 15) is 17.0 Å². The summed E-state index contributed by atoms with van der Waals surface area (Å²) in [6.45, 7) is 1.27. The van der Waals surface area contributed by atoms with E-state index >= 15 is 0 Å². The molecule has 1 amide bonds. The van der Waals surface area contributed by atoms with Crippen LogP contribution in [0.2, 0.25) is 0 Å². The number of benzene rings is 2. The van der Waals surface area contributed by atoms with Crippen LogP contribution in [0, 0.1) is 5.82 Å². The monoisotopic (exact) mass is 387 g/mol. The number of amides is 1. The molecule has 0 fully saturated rings. The van der Waals surface area contributed by atoms with Crippen molar-refractivity contribution in [2.24, 2.45) is 0 Å². The second kappa shape index (κ2) is 8.50. The fourth-order valence-corrected chi connectivity index (χ4v) is 3.18. The van der Waals surface area contributed by atoms with Crippen LogP contribution in [0.5, 0.6) is 5.75 Å². The number of halogens is 1. The van der Waals surface area contributed by atoms with Crippen molar-refractivity contribution in [3.63, 3.8) is 0 Å². The normalized spacial score (nSPS) is 12.5. The van der Waals surface area contributed by atoms with Crippen molar-refractivity contribution in [3.05, 3.63) is 54.3 Å². The second-order valence-corrected chi connectivity index (χ2v) is 7.79. The molecule has 2 aromatic rings. The van der Waals surface area contributed by atoms with E-state index in [1.54, 1.807) is 12.1 Å². The van der Waals surface area contributed by atoms with Gasteiger partial charge in [-0.05, 0) is 12.1 Å². The van der Waals surface area contributed by atoms with Crippen LogP contribution in [0.15, 0.2) is 48.5 Å². The number of nitrogens with one attached hydrogen (secondary N) is 1. The number of hydrogen-bond acceptors (Lipinski definition) is 5. The molecule has 2 aromatic carbocycles. The van der Waals surface area contributed by atoms with Gasteiger partial charge in [0.25, 0.3) is 0 Å². The molecule has 0 aliphatic rings. The summed E-state index contributed by atoms with van der Waals surface area (Å²) in [7, 11) is 0. The van der Waals surface area contributed by atoms with Crippen LogP contribution in [0.4, 0.5) is 10.1 Å². The summed E-state index contributed by atoms with van der Waals surface area (Å²) in [6.07, 6.45) is 0. The van der Waals surface area contributed by atoms with Gasteiger partial charge in [0.2, 0.25) is 0 Å². The Morgan fingerprint density at radius 1 is 1.17 bits per heavy atom. The zero-order valence-corrected chi connectivity index (χ0v) is 13.9. The molecular formula is C14H15AsFNO6. The third-order valence-corrected chi connectivity index (χ3v) is 5.04. The summed E-state index contributed by atoms with van der Waals surface area (Å²) >= 11 is -4.92. The first-order valence-corrected chi connectivity index (χ1v) is 9.55. The van der Waals surface area contributed by atoms with Crippen molar-refractivity contribution in [1.82, 2.24) is 0 Å².